The minimum Gasteiger partial charge on any atom is -0.481 e. The molecule has 2 aliphatic rings. The Kier molecular flexibility index (Phi) is 2.67. The Morgan fingerprint density at radius 3 is 2.95 bits per heavy atom. The van der Waals surface area contributed by atoms with E-state index in [0.717, 1.165) is 30.0 Å². The number of carboxylic acids is 1. The van der Waals surface area contributed by atoms with Crippen LogP contribution >= 0.6 is 11.3 Å². The molecule has 1 aromatic heterocycles. The van der Waals surface area contributed by atoms with Gasteiger partial charge in [-0.25, -0.2) is 4.98 Å². The molecule has 0 amide bonds. The Balaban J connectivity index is 1.72. The van der Waals surface area contributed by atoms with Crippen LogP contribution in [0.3, 0.4) is 0 Å². The molecule has 0 aliphatic heterocycles. The number of hydrogen-bond donors (Lipinski definition) is 1. The maximum absolute atomic E-state index is 11.3. The normalized spacial score (nSPS) is 23.6. The van der Waals surface area contributed by atoms with Crippen molar-refractivity contribution in [2.24, 2.45) is 0 Å². The lowest BCUT2D eigenvalue weighted by atomic mass is 10.0. The topological polar surface area (TPSA) is 50.2 Å². The van der Waals surface area contributed by atoms with Crippen LogP contribution < -0.4 is 0 Å². The molecule has 1 N–H and O–H groups in total. The molecule has 2 atom stereocenters. The highest BCUT2D eigenvalue weighted by atomic mass is 32.1. The van der Waals surface area contributed by atoms with Crippen molar-refractivity contribution in [3.8, 4) is 0 Å². The van der Waals surface area contributed by atoms with E-state index in [1.54, 1.807) is 11.3 Å². The standard InChI is InChI=1S/C16H15NO2S/c18-16(19)12-7-8-13-14(12)17-15(20-13)11-6-5-9-3-1-2-4-10(9)11/h1-4,11-12H,5-8H2,(H,18,19). The van der Waals surface area contributed by atoms with Crippen LogP contribution in [-0.4, -0.2) is 16.1 Å². The highest BCUT2D eigenvalue weighted by Crippen LogP contribution is 2.44. The van der Waals surface area contributed by atoms with E-state index in [9.17, 15) is 9.90 Å². The van der Waals surface area contributed by atoms with E-state index in [-0.39, 0.29) is 5.92 Å². The van der Waals surface area contributed by atoms with Gasteiger partial charge in [-0.2, -0.15) is 0 Å². The fourth-order valence-corrected chi connectivity index (χ4v) is 4.74. The first-order chi connectivity index (χ1) is 9.74. The molecule has 1 aromatic carbocycles. The number of benzene rings is 1. The zero-order valence-corrected chi connectivity index (χ0v) is 11.8. The lowest BCUT2D eigenvalue weighted by molar-refractivity contribution is -0.138. The van der Waals surface area contributed by atoms with Crippen molar-refractivity contribution < 1.29 is 9.90 Å². The molecule has 20 heavy (non-hydrogen) atoms. The van der Waals surface area contributed by atoms with Gasteiger partial charge >= 0.3 is 5.97 Å². The minimum absolute atomic E-state index is 0.372. The van der Waals surface area contributed by atoms with Crippen molar-refractivity contribution >= 4 is 17.3 Å². The fraction of sp³-hybridized carbons (Fsp3) is 0.375. The van der Waals surface area contributed by atoms with Gasteiger partial charge in [0.1, 0.15) is 10.9 Å². The van der Waals surface area contributed by atoms with Crippen molar-refractivity contribution in [1.82, 2.24) is 4.98 Å². The van der Waals surface area contributed by atoms with Crippen LogP contribution in [-0.2, 0) is 17.6 Å². The van der Waals surface area contributed by atoms with Gasteiger partial charge in [-0.15, -0.1) is 11.3 Å². The third kappa shape index (κ3) is 1.71. The SMILES string of the molecule is O=C(O)C1CCc2sc(C3CCc4ccccc43)nc21. The van der Waals surface area contributed by atoms with Crippen molar-refractivity contribution in [2.45, 2.75) is 37.5 Å². The first kappa shape index (κ1) is 12.1. The number of hydrogen-bond acceptors (Lipinski definition) is 3. The molecule has 2 unspecified atom stereocenters. The van der Waals surface area contributed by atoms with Gasteiger partial charge < -0.3 is 5.11 Å². The third-order valence-corrected chi connectivity index (χ3v) is 5.71. The molecule has 0 fully saturated rings. The van der Waals surface area contributed by atoms with Gasteiger partial charge in [0, 0.05) is 10.8 Å². The number of carboxylic acid groups (broad SMARTS) is 1. The smallest absolute Gasteiger partial charge is 0.312 e. The first-order valence-electron chi connectivity index (χ1n) is 7.04. The second-order valence-electron chi connectivity index (χ2n) is 5.58. The van der Waals surface area contributed by atoms with Crippen molar-refractivity contribution in [3.63, 3.8) is 0 Å². The van der Waals surface area contributed by atoms with Gasteiger partial charge in [0.25, 0.3) is 0 Å². The molecule has 2 aliphatic carbocycles. The van der Waals surface area contributed by atoms with Gasteiger partial charge in [-0.3, -0.25) is 4.79 Å². The van der Waals surface area contributed by atoms with E-state index in [0.29, 0.717) is 12.3 Å². The molecule has 0 spiro atoms. The molecule has 0 radical (unpaired) electrons. The van der Waals surface area contributed by atoms with Crippen LogP contribution in [0, 0.1) is 0 Å². The predicted molar refractivity (Wildman–Crippen MR) is 77.4 cm³/mol. The Morgan fingerprint density at radius 2 is 2.10 bits per heavy atom. The summed E-state index contributed by atoms with van der Waals surface area (Å²) < 4.78 is 0. The summed E-state index contributed by atoms with van der Waals surface area (Å²) in [4.78, 5) is 17.2. The highest BCUT2D eigenvalue weighted by molar-refractivity contribution is 7.12. The van der Waals surface area contributed by atoms with Crippen LogP contribution in [0.2, 0.25) is 0 Å². The average molecular weight is 285 g/mol. The zero-order chi connectivity index (χ0) is 13.7. The molecule has 4 rings (SSSR count). The quantitative estimate of drug-likeness (QED) is 0.920. The van der Waals surface area contributed by atoms with E-state index in [4.69, 9.17) is 4.98 Å². The highest BCUT2D eigenvalue weighted by Gasteiger charge is 2.35. The Hall–Kier alpha value is -1.68. The first-order valence-corrected chi connectivity index (χ1v) is 7.86. The number of aliphatic carboxylic acids is 1. The molecule has 0 bridgehead atoms. The number of aromatic nitrogens is 1. The lowest BCUT2D eigenvalue weighted by Gasteiger charge is -2.08. The summed E-state index contributed by atoms with van der Waals surface area (Å²) in [6.45, 7) is 0. The second-order valence-corrected chi connectivity index (χ2v) is 6.70. The Labute approximate surface area is 121 Å². The maximum atomic E-state index is 11.3. The molecule has 4 heteroatoms. The van der Waals surface area contributed by atoms with Crippen LogP contribution in [0.1, 0.15) is 51.4 Å². The van der Waals surface area contributed by atoms with Crippen LogP contribution in [0.15, 0.2) is 24.3 Å². The Bertz CT molecular complexity index is 692. The number of thiazole rings is 1. The predicted octanol–water partition coefficient (Wildman–Crippen LogP) is 3.34. The second kappa shape index (κ2) is 4.42. The number of aryl methyl sites for hydroxylation is 2. The van der Waals surface area contributed by atoms with Crippen molar-refractivity contribution in [2.75, 3.05) is 0 Å². The van der Waals surface area contributed by atoms with Gasteiger partial charge in [0.15, 0.2) is 0 Å². The number of fused-ring (bicyclic) bond motifs is 2. The summed E-state index contributed by atoms with van der Waals surface area (Å²) in [7, 11) is 0. The van der Waals surface area contributed by atoms with Gasteiger partial charge in [0.2, 0.25) is 0 Å². The lowest BCUT2D eigenvalue weighted by Crippen LogP contribution is -2.09. The number of carbonyl (C=O) groups is 1. The summed E-state index contributed by atoms with van der Waals surface area (Å²) >= 11 is 1.73. The molecular formula is C16H15NO2S. The van der Waals surface area contributed by atoms with E-state index in [1.165, 1.54) is 16.0 Å². The van der Waals surface area contributed by atoms with Gasteiger partial charge in [-0.1, -0.05) is 24.3 Å². The fourth-order valence-electron chi connectivity index (χ4n) is 3.45. The number of rotatable bonds is 2. The molecule has 102 valence electrons. The van der Waals surface area contributed by atoms with Gasteiger partial charge in [0.05, 0.1) is 5.69 Å². The zero-order valence-electron chi connectivity index (χ0n) is 11.0. The summed E-state index contributed by atoms with van der Waals surface area (Å²) in [5.74, 6) is -0.740. The molecule has 1 heterocycles. The minimum atomic E-state index is -0.729. The average Bonchev–Trinajstić information content (AvgIpc) is 3.10. The monoisotopic (exact) mass is 285 g/mol. The van der Waals surface area contributed by atoms with E-state index >= 15 is 0 Å². The van der Waals surface area contributed by atoms with E-state index in [1.807, 2.05) is 0 Å². The third-order valence-electron chi connectivity index (χ3n) is 4.46. The summed E-state index contributed by atoms with van der Waals surface area (Å²) in [6, 6.07) is 8.55. The van der Waals surface area contributed by atoms with Crippen molar-refractivity contribution in [1.29, 1.82) is 0 Å². The van der Waals surface area contributed by atoms with E-state index < -0.39 is 5.97 Å². The Morgan fingerprint density at radius 1 is 1.25 bits per heavy atom. The van der Waals surface area contributed by atoms with Crippen LogP contribution in [0.4, 0.5) is 0 Å². The summed E-state index contributed by atoms with van der Waals surface area (Å²) in [5, 5.41) is 10.4. The van der Waals surface area contributed by atoms with Crippen molar-refractivity contribution in [3.05, 3.63) is 51.0 Å². The molecule has 0 saturated carbocycles. The molecule has 2 aromatic rings. The van der Waals surface area contributed by atoms with Gasteiger partial charge in [-0.05, 0) is 36.8 Å². The summed E-state index contributed by atoms with van der Waals surface area (Å²) in [5.41, 5.74) is 3.64. The summed E-state index contributed by atoms with van der Waals surface area (Å²) in [6.07, 6.45) is 3.79. The molecular weight excluding hydrogens is 270 g/mol. The molecule has 0 saturated heterocycles. The number of nitrogens with zero attached hydrogens (tertiary/aromatic N) is 1. The van der Waals surface area contributed by atoms with Crippen LogP contribution in [0.5, 0.6) is 0 Å². The largest absolute Gasteiger partial charge is 0.481 e. The van der Waals surface area contributed by atoms with E-state index in [2.05, 4.69) is 24.3 Å². The maximum Gasteiger partial charge on any atom is 0.312 e. The molecule has 3 nitrogen and oxygen atoms in total. The van der Waals surface area contributed by atoms with Crippen LogP contribution in [0.25, 0.3) is 0 Å².